The van der Waals surface area contributed by atoms with Crippen LogP contribution in [0.2, 0.25) is 0 Å². The van der Waals surface area contributed by atoms with E-state index in [9.17, 15) is 4.79 Å². The van der Waals surface area contributed by atoms with Crippen molar-refractivity contribution in [1.29, 1.82) is 0 Å². The van der Waals surface area contributed by atoms with Gasteiger partial charge in [0.25, 0.3) is 0 Å². The van der Waals surface area contributed by atoms with Crippen LogP contribution in [-0.4, -0.2) is 31.0 Å². The van der Waals surface area contributed by atoms with Gasteiger partial charge in [-0.1, -0.05) is 25.2 Å². The average Bonchev–Trinajstić information content (AvgIpc) is 2.69. The summed E-state index contributed by atoms with van der Waals surface area (Å²) in [7, 11) is 1.61. The molecular weight excluding hydrogens is 248 g/mol. The molecule has 0 radical (unpaired) electrons. The van der Waals surface area contributed by atoms with Gasteiger partial charge in [-0.3, -0.25) is 4.79 Å². The number of carbonyl (C=O) groups excluding carboxylic acids is 1. The molecule has 0 aromatic carbocycles. The van der Waals surface area contributed by atoms with Crippen LogP contribution >= 0.6 is 11.3 Å². The summed E-state index contributed by atoms with van der Waals surface area (Å²) in [5, 5.41) is 0.910. The maximum atomic E-state index is 11.0. The highest BCUT2D eigenvalue weighted by Gasteiger charge is 2.19. The number of aldehydes is 1. The standard InChI is InChI=1S/C13H22N2O2S/c1-9(2)6-15(10(3)4)13-14-11(8-17-5)12(7-16)18-13/h7,9-10H,6,8H2,1-5H3. The number of hydrogen-bond donors (Lipinski definition) is 0. The number of hydrogen-bond acceptors (Lipinski definition) is 5. The molecule has 18 heavy (non-hydrogen) atoms. The summed E-state index contributed by atoms with van der Waals surface area (Å²) in [6.07, 6.45) is 0.864. The van der Waals surface area contributed by atoms with Crippen LogP contribution in [0.15, 0.2) is 0 Å². The summed E-state index contributed by atoms with van der Waals surface area (Å²) in [5.74, 6) is 0.557. The molecule has 5 heteroatoms. The number of rotatable bonds is 7. The quantitative estimate of drug-likeness (QED) is 0.714. The number of thiazole rings is 1. The fraction of sp³-hybridized carbons (Fsp3) is 0.692. The Morgan fingerprint density at radius 2 is 2.06 bits per heavy atom. The Morgan fingerprint density at radius 3 is 2.50 bits per heavy atom. The van der Waals surface area contributed by atoms with E-state index in [-0.39, 0.29) is 0 Å². The minimum atomic E-state index is 0.369. The van der Waals surface area contributed by atoms with Crippen LogP contribution in [-0.2, 0) is 11.3 Å². The van der Waals surface area contributed by atoms with Crippen molar-refractivity contribution in [3.05, 3.63) is 10.6 Å². The van der Waals surface area contributed by atoms with Crippen molar-refractivity contribution in [2.24, 2.45) is 5.92 Å². The van der Waals surface area contributed by atoms with Gasteiger partial charge in [0.1, 0.15) is 0 Å². The van der Waals surface area contributed by atoms with E-state index >= 15 is 0 Å². The zero-order chi connectivity index (χ0) is 13.7. The van der Waals surface area contributed by atoms with E-state index in [1.807, 2.05) is 0 Å². The summed E-state index contributed by atoms with van der Waals surface area (Å²) < 4.78 is 5.07. The van der Waals surface area contributed by atoms with Crippen molar-refractivity contribution in [1.82, 2.24) is 4.98 Å². The van der Waals surface area contributed by atoms with Crippen molar-refractivity contribution in [2.75, 3.05) is 18.6 Å². The van der Waals surface area contributed by atoms with Gasteiger partial charge in [0.2, 0.25) is 0 Å². The van der Waals surface area contributed by atoms with Crippen molar-refractivity contribution in [3.63, 3.8) is 0 Å². The maximum Gasteiger partial charge on any atom is 0.186 e. The summed E-state index contributed by atoms with van der Waals surface area (Å²) >= 11 is 1.44. The normalized spacial score (nSPS) is 11.3. The van der Waals surface area contributed by atoms with Gasteiger partial charge in [0.15, 0.2) is 11.4 Å². The summed E-state index contributed by atoms with van der Waals surface area (Å²) in [6, 6.07) is 0.369. The van der Waals surface area contributed by atoms with E-state index in [1.165, 1.54) is 11.3 Å². The largest absolute Gasteiger partial charge is 0.378 e. The highest BCUT2D eigenvalue weighted by molar-refractivity contribution is 7.17. The Bertz CT molecular complexity index is 388. The minimum absolute atomic E-state index is 0.369. The van der Waals surface area contributed by atoms with Crippen LogP contribution in [0.4, 0.5) is 5.13 Å². The van der Waals surface area contributed by atoms with Crippen molar-refractivity contribution in [3.8, 4) is 0 Å². The highest BCUT2D eigenvalue weighted by atomic mass is 32.1. The smallest absolute Gasteiger partial charge is 0.186 e. The number of ether oxygens (including phenoxy) is 1. The van der Waals surface area contributed by atoms with Crippen molar-refractivity contribution >= 4 is 22.8 Å². The number of anilines is 1. The van der Waals surface area contributed by atoms with Crippen molar-refractivity contribution in [2.45, 2.75) is 40.3 Å². The van der Waals surface area contributed by atoms with Gasteiger partial charge in [0.05, 0.1) is 17.2 Å². The number of nitrogens with zero attached hydrogens (tertiary/aromatic N) is 2. The number of carbonyl (C=O) groups is 1. The molecule has 0 spiro atoms. The van der Waals surface area contributed by atoms with E-state index in [1.54, 1.807) is 7.11 Å². The summed E-state index contributed by atoms with van der Waals surface area (Å²) in [5.41, 5.74) is 0.738. The summed E-state index contributed by atoms with van der Waals surface area (Å²) in [4.78, 5) is 18.5. The molecular formula is C13H22N2O2S. The second-order valence-electron chi connectivity index (χ2n) is 5.00. The molecule has 0 bridgehead atoms. The lowest BCUT2D eigenvalue weighted by molar-refractivity contribution is 0.112. The molecule has 1 aromatic heterocycles. The van der Waals surface area contributed by atoms with Crippen LogP contribution in [0, 0.1) is 5.92 Å². The Labute approximate surface area is 113 Å². The summed E-state index contributed by atoms with van der Waals surface area (Å²) in [6.45, 7) is 9.97. The first kappa shape index (κ1) is 15.1. The SMILES string of the molecule is COCc1nc(N(CC(C)C)C(C)C)sc1C=O. The molecule has 0 N–H and O–H groups in total. The zero-order valence-electron chi connectivity index (χ0n) is 11.8. The van der Waals surface area contributed by atoms with Crippen molar-refractivity contribution < 1.29 is 9.53 Å². The predicted octanol–water partition coefficient (Wildman–Crippen LogP) is 2.97. The third kappa shape index (κ3) is 3.78. The second-order valence-corrected chi connectivity index (χ2v) is 6.01. The molecule has 102 valence electrons. The van der Waals surface area contributed by atoms with Crippen LogP contribution in [0.5, 0.6) is 0 Å². The van der Waals surface area contributed by atoms with Gasteiger partial charge < -0.3 is 9.64 Å². The topological polar surface area (TPSA) is 42.4 Å². The molecule has 0 amide bonds. The maximum absolute atomic E-state index is 11.0. The van der Waals surface area contributed by atoms with Crippen LogP contribution in [0.25, 0.3) is 0 Å². The minimum Gasteiger partial charge on any atom is -0.378 e. The average molecular weight is 270 g/mol. The molecule has 0 aliphatic carbocycles. The van der Waals surface area contributed by atoms with Gasteiger partial charge in [0, 0.05) is 19.7 Å². The molecule has 1 rings (SSSR count). The zero-order valence-corrected chi connectivity index (χ0v) is 12.6. The van der Waals surface area contributed by atoms with E-state index in [4.69, 9.17) is 4.74 Å². The fourth-order valence-corrected chi connectivity index (χ4v) is 2.73. The van der Waals surface area contributed by atoms with Gasteiger partial charge in [-0.15, -0.1) is 0 Å². The van der Waals surface area contributed by atoms with Crippen LogP contribution in [0.3, 0.4) is 0 Å². The van der Waals surface area contributed by atoms with E-state index in [0.717, 1.165) is 23.7 Å². The molecule has 1 heterocycles. The lowest BCUT2D eigenvalue weighted by atomic mass is 10.2. The van der Waals surface area contributed by atoms with E-state index < -0.39 is 0 Å². The van der Waals surface area contributed by atoms with E-state index in [0.29, 0.717) is 23.4 Å². The molecule has 0 atom stereocenters. The lowest BCUT2D eigenvalue weighted by Crippen LogP contribution is -2.34. The molecule has 0 aliphatic rings. The van der Waals surface area contributed by atoms with Crippen LogP contribution in [0.1, 0.15) is 43.1 Å². The van der Waals surface area contributed by atoms with Crippen LogP contribution < -0.4 is 4.90 Å². The Balaban J connectivity index is 3.01. The molecule has 4 nitrogen and oxygen atoms in total. The highest BCUT2D eigenvalue weighted by Crippen LogP contribution is 2.27. The third-order valence-corrected chi connectivity index (χ3v) is 3.60. The monoisotopic (exact) mass is 270 g/mol. The second kappa shape index (κ2) is 6.85. The Morgan fingerprint density at radius 1 is 1.39 bits per heavy atom. The number of aromatic nitrogens is 1. The molecule has 0 aliphatic heterocycles. The van der Waals surface area contributed by atoms with Gasteiger partial charge in [-0.25, -0.2) is 4.98 Å². The van der Waals surface area contributed by atoms with Gasteiger partial charge in [-0.05, 0) is 19.8 Å². The molecule has 1 aromatic rings. The first-order valence-electron chi connectivity index (χ1n) is 6.20. The van der Waals surface area contributed by atoms with E-state index in [2.05, 4.69) is 37.6 Å². The first-order chi connectivity index (χ1) is 8.49. The molecule has 0 saturated carbocycles. The molecule has 0 saturated heterocycles. The first-order valence-corrected chi connectivity index (χ1v) is 7.01. The fourth-order valence-electron chi connectivity index (χ4n) is 1.71. The van der Waals surface area contributed by atoms with Gasteiger partial charge >= 0.3 is 0 Å². The number of methoxy groups -OCH3 is 1. The molecule has 0 fully saturated rings. The predicted molar refractivity (Wildman–Crippen MR) is 75.5 cm³/mol. The Hall–Kier alpha value is -0.940. The third-order valence-electron chi connectivity index (χ3n) is 2.54. The lowest BCUT2D eigenvalue weighted by Gasteiger charge is -2.27. The Kier molecular flexibility index (Phi) is 5.75. The molecule has 0 unspecified atom stereocenters. The van der Waals surface area contributed by atoms with Gasteiger partial charge in [-0.2, -0.15) is 0 Å².